The number of amides is 1. The molecule has 1 heterocycles. The second-order valence-corrected chi connectivity index (χ2v) is 6.94. The lowest BCUT2D eigenvalue weighted by Crippen LogP contribution is -2.30. The molecular formula is C23H20N6O3. The molecule has 0 saturated heterocycles. The minimum absolute atomic E-state index is 0.0721. The molecule has 9 heteroatoms. The van der Waals surface area contributed by atoms with Crippen LogP contribution in [-0.4, -0.2) is 27.3 Å². The van der Waals surface area contributed by atoms with E-state index in [1.54, 1.807) is 12.1 Å². The zero-order chi connectivity index (χ0) is 22.3. The van der Waals surface area contributed by atoms with Crippen LogP contribution in [0.25, 0.3) is 10.8 Å². The summed E-state index contributed by atoms with van der Waals surface area (Å²) in [6, 6.07) is 22.6. The molecule has 3 aromatic carbocycles. The van der Waals surface area contributed by atoms with Crippen molar-refractivity contribution in [1.82, 2.24) is 15.4 Å². The zero-order valence-electron chi connectivity index (χ0n) is 17.0. The quantitative estimate of drug-likeness (QED) is 0.287. The summed E-state index contributed by atoms with van der Waals surface area (Å²) in [5.41, 5.74) is 6.26. The van der Waals surface area contributed by atoms with Gasteiger partial charge in [0.15, 0.2) is 0 Å². The van der Waals surface area contributed by atoms with Gasteiger partial charge in [0.1, 0.15) is 6.33 Å². The Bertz CT molecular complexity index is 1260. The highest BCUT2D eigenvalue weighted by molar-refractivity contribution is 6.07. The van der Waals surface area contributed by atoms with E-state index in [0.717, 1.165) is 16.3 Å². The number of hydrazine groups is 1. The summed E-state index contributed by atoms with van der Waals surface area (Å²) in [7, 11) is 0. The van der Waals surface area contributed by atoms with Crippen LogP contribution in [0.3, 0.4) is 0 Å². The fourth-order valence-electron chi connectivity index (χ4n) is 3.35. The lowest BCUT2D eigenvalue weighted by atomic mass is 10.0. The van der Waals surface area contributed by atoms with Gasteiger partial charge in [0.25, 0.3) is 5.91 Å². The largest absolute Gasteiger partial charge is 0.364 e. The molecule has 0 fully saturated rings. The van der Waals surface area contributed by atoms with Crippen LogP contribution >= 0.6 is 0 Å². The average molecular weight is 428 g/mol. The molecule has 0 radical (unpaired) electrons. The zero-order valence-corrected chi connectivity index (χ0v) is 17.0. The third-order valence-electron chi connectivity index (χ3n) is 4.88. The fraction of sp³-hybridized carbons (Fsp3) is 0.0870. The number of hydrogen-bond acceptors (Lipinski definition) is 7. The number of anilines is 2. The third-order valence-corrected chi connectivity index (χ3v) is 4.88. The first kappa shape index (κ1) is 20.7. The molecule has 0 bridgehead atoms. The summed E-state index contributed by atoms with van der Waals surface area (Å²) in [6.07, 6.45) is 1.87. The first-order valence-electron chi connectivity index (χ1n) is 9.95. The lowest BCUT2D eigenvalue weighted by Gasteiger charge is -2.12. The van der Waals surface area contributed by atoms with Gasteiger partial charge >= 0.3 is 5.69 Å². The van der Waals surface area contributed by atoms with Crippen LogP contribution in [0, 0.1) is 10.1 Å². The van der Waals surface area contributed by atoms with E-state index in [2.05, 4.69) is 26.1 Å². The molecule has 0 aliphatic carbocycles. The summed E-state index contributed by atoms with van der Waals surface area (Å²) >= 11 is 0. The highest BCUT2D eigenvalue weighted by Crippen LogP contribution is 2.28. The normalized spacial score (nSPS) is 10.5. The number of hydrogen-bond donors (Lipinski definition) is 3. The van der Waals surface area contributed by atoms with E-state index < -0.39 is 10.8 Å². The van der Waals surface area contributed by atoms with Crippen LogP contribution in [0.5, 0.6) is 0 Å². The molecule has 0 atom stereocenters. The third kappa shape index (κ3) is 4.62. The van der Waals surface area contributed by atoms with E-state index in [-0.39, 0.29) is 17.3 Å². The topological polar surface area (TPSA) is 122 Å². The van der Waals surface area contributed by atoms with Gasteiger partial charge < -0.3 is 5.32 Å². The minimum Gasteiger partial charge on any atom is -0.364 e. The number of benzene rings is 3. The average Bonchev–Trinajstić information content (AvgIpc) is 2.82. The molecular weight excluding hydrogens is 408 g/mol. The van der Waals surface area contributed by atoms with Crippen molar-refractivity contribution in [3.63, 3.8) is 0 Å². The smallest absolute Gasteiger partial charge is 0.354 e. The predicted molar refractivity (Wildman–Crippen MR) is 122 cm³/mol. The fourth-order valence-corrected chi connectivity index (χ4v) is 3.35. The van der Waals surface area contributed by atoms with Gasteiger partial charge in [0, 0.05) is 12.1 Å². The molecule has 4 rings (SSSR count). The van der Waals surface area contributed by atoms with Gasteiger partial charge in [-0.3, -0.25) is 25.8 Å². The van der Waals surface area contributed by atoms with Crippen molar-refractivity contribution in [2.45, 2.75) is 6.42 Å². The standard InChI is InChI=1S/C23H20N6O3/c30-23(19-12-6-10-17-9-4-5-11-18(17)19)28-27-22-20(29(31)32)21(25-15-26-22)24-14-13-16-7-2-1-3-8-16/h1-12,15H,13-14H2,(H,28,30)(H2,24,25,26,27). The van der Waals surface area contributed by atoms with E-state index >= 15 is 0 Å². The Morgan fingerprint density at radius 1 is 0.906 bits per heavy atom. The van der Waals surface area contributed by atoms with Crippen molar-refractivity contribution in [2.75, 3.05) is 17.3 Å². The predicted octanol–water partition coefficient (Wildman–Crippen LogP) is 3.95. The van der Waals surface area contributed by atoms with Gasteiger partial charge in [-0.25, -0.2) is 9.97 Å². The molecule has 0 spiro atoms. The number of carbonyl (C=O) groups excluding carboxylic acids is 1. The van der Waals surface area contributed by atoms with Gasteiger partial charge in [-0.2, -0.15) is 0 Å². The van der Waals surface area contributed by atoms with Crippen molar-refractivity contribution in [2.24, 2.45) is 0 Å². The Hall–Kier alpha value is -4.53. The van der Waals surface area contributed by atoms with E-state index in [0.29, 0.717) is 18.5 Å². The van der Waals surface area contributed by atoms with Crippen LogP contribution in [-0.2, 0) is 6.42 Å². The maximum absolute atomic E-state index is 12.7. The van der Waals surface area contributed by atoms with Crippen LogP contribution < -0.4 is 16.2 Å². The number of nitrogens with zero attached hydrogens (tertiary/aromatic N) is 3. The van der Waals surface area contributed by atoms with Crippen molar-refractivity contribution < 1.29 is 9.72 Å². The molecule has 0 unspecified atom stereocenters. The number of fused-ring (bicyclic) bond motifs is 1. The van der Waals surface area contributed by atoms with Crippen molar-refractivity contribution in [3.05, 3.63) is 100 Å². The molecule has 0 saturated carbocycles. The molecule has 160 valence electrons. The first-order chi connectivity index (χ1) is 15.6. The van der Waals surface area contributed by atoms with Gasteiger partial charge in [0.05, 0.1) is 4.92 Å². The van der Waals surface area contributed by atoms with Crippen molar-refractivity contribution in [3.8, 4) is 0 Å². The van der Waals surface area contributed by atoms with E-state index in [9.17, 15) is 14.9 Å². The number of nitro groups is 1. The Kier molecular flexibility index (Phi) is 6.17. The first-order valence-corrected chi connectivity index (χ1v) is 9.95. The Labute approximate surface area is 183 Å². The van der Waals surface area contributed by atoms with E-state index in [1.165, 1.54) is 6.33 Å². The van der Waals surface area contributed by atoms with E-state index in [4.69, 9.17) is 0 Å². The highest BCUT2D eigenvalue weighted by Gasteiger charge is 2.23. The van der Waals surface area contributed by atoms with E-state index in [1.807, 2.05) is 60.7 Å². The Balaban J connectivity index is 1.49. The monoisotopic (exact) mass is 428 g/mol. The van der Waals surface area contributed by atoms with Crippen molar-refractivity contribution in [1.29, 1.82) is 0 Å². The molecule has 32 heavy (non-hydrogen) atoms. The van der Waals surface area contributed by atoms with Crippen LogP contribution in [0.15, 0.2) is 79.1 Å². The van der Waals surface area contributed by atoms with Crippen LogP contribution in [0.2, 0.25) is 0 Å². The van der Waals surface area contributed by atoms with Crippen LogP contribution in [0.1, 0.15) is 15.9 Å². The number of rotatable bonds is 8. The highest BCUT2D eigenvalue weighted by atomic mass is 16.6. The summed E-state index contributed by atoms with van der Waals surface area (Å²) in [5, 5.41) is 16.4. The summed E-state index contributed by atoms with van der Waals surface area (Å²) in [4.78, 5) is 31.8. The van der Waals surface area contributed by atoms with Gasteiger partial charge in [-0.15, -0.1) is 0 Å². The molecule has 9 nitrogen and oxygen atoms in total. The molecule has 4 aromatic rings. The van der Waals surface area contributed by atoms with Crippen molar-refractivity contribution >= 4 is 34.0 Å². The number of carbonyl (C=O) groups is 1. The van der Waals surface area contributed by atoms with Crippen LogP contribution in [0.4, 0.5) is 17.3 Å². The Morgan fingerprint density at radius 3 is 2.44 bits per heavy atom. The SMILES string of the molecule is O=C(NNc1ncnc(NCCc2ccccc2)c1[N+](=O)[O-])c1cccc2ccccc12. The number of aromatic nitrogens is 2. The molecule has 0 aliphatic rings. The minimum atomic E-state index is -0.586. The maximum Gasteiger partial charge on any atom is 0.354 e. The maximum atomic E-state index is 12.7. The summed E-state index contributed by atoms with van der Waals surface area (Å²) in [6.45, 7) is 0.448. The summed E-state index contributed by atoms with van der Waals surface area (Å²) < 4.78 is 0. The lowest BCUT2D eigenvalue weighted by molar-refractivity contribution is -0.383. The second kappa shape index (κ2) is 9.52. The Morgan fingerprint density at radius 2 is 1.62 bits per heavy atom. The van der Waals surface area contributed by atoms with Gasteiger partial charge in [-0.05, 0) is 28.8 Å². The van der Waals surface area contributed by atoms with Gasteiger partial charge in [-0.1, -0.05) is 66.7 Å². The molecule has 0 aliphatic heterocycles. The number of nitrogens with one attached hydrogen (secondary N) is 3. The summed E-state index contributed by atoms with van der Waals surface area (Å²) in [5.74, 6) is -0.475. The second-order valence-electron chi connectivity index (χ2n) is 6.94. The molecule has 3 N–H and O–H groups in total. The van der Waals surface area contributed by atoms with Gasteiger partial charge in [0.2, 0.25) is 11.6 Å². The molecule has 1 amide bonds. The molecule has 1 aromatic heterocycles.